The van der Waals surface area contributed by atoms with E-state index in [2.05, 4.69) is 5.32 Å². The summed E-state index contributed by atoms with van der Waals surface area (Å²) in [6.07, 6.45) is 1.60. The van der Waals surface area contributed by atoms with E-state index in [-0.39, 0.29) is 56.9 Å². The molecule has 0 bridgehead atoms. The zero-order valence-corrected chi connectivity index (χ0v) is 27.3. The molecule has 3 aromatic rings. The highest BCUT2D eigenvalue weighted by Gasteiger charge is 2.31. The highest BCUT2D eigenvalue weighted by atomic mass is 35.5. The molecule has 12 heteroatoms. The van der Waals surface area contributed by atoms with Crippen LogP contribution >= 0.6 is 23.2 Å². The van der Waals surface area contributed by atoms with Gasteiger partial charge >= 0.3 is 0 Å². The van der Waals surface area contributed by atoms with Gasteiger partial charge in [0.2, 0.25) is 28.6 Å². The third-order valence-electron chi connectivity index (χ3n) is 7.11. The molecule has 3 aromatic carbocycles. The molecule has 0 unspecified atom stereocenters. The zero-order valence-electron chi connectivity index (χ0n) is 25.0. The van der Waals surface area contributed by atoms with Crippen molar-refractivity contribution in [3.8, 4) is 11.5 Å². The molecule has 0 saturated carbocycles. The molecule has 0 aliphatic carbocycles. The van der Waals surface area contributed by atoms with Gasteiger partial charge in [-0.25, -0.2) is 8.42 Å². The van der Waals surface area contributed by atoms with Crippen LogP contribution in [0, 0.1) is 5.92 Å². The number of amides is 2. The highest BCUT2D eigenvalue weighted by Crippen LogP contribution is 2.36. The van der Waals surface area contributed by atoms with E-state index < -0.39 is 16.1 Å². The molecule has 0 aromatic heterocycles. The number of nitrogens with zero attached hydrogens (tertiary/aromatic N) is 2. The Morgan fingerprint density at radius 2 is 1.70 bits per heavy atom. The number of fused-ring (bicyclic) bond motifs is 1. The summed E-state index contributed by atoms with van der Waals surface area (Å²) in [5.41, 5.74) is 1.93. The first-order valence-electron chi connectivity index (χ1n) is 14.3. The van der Waals surface area contributed by atoms with Crippen molar-refractivity contribution in [2.45, 2.75) is 45.7 Å². The van der Waals surface area contributed by atoms with Gasteiger partial charge in [-0.15, -0.1) is 0 Å². The summed E-state index contributed by atoms with van der Waals surface area (Å²) in [6.45, 7) is 4.62. The highest BCUT2D eigenvalue weighted by molar-refractivity contribution is 7.92. The van der Waals surface area contributed by atoms with Crippen LogP contribution in [-0.4, -0.2) is 57.3 Å². The zero-order chi connectivity index (χ0) is 31.9. The third kappa shape index (κ3) is 9.03. The average Bonchev–Trinajstić information content (AvgIpc) is 3.44. The van der Waals surface area contributed by atoms with E-state index in [0.717, 1.165) is 11.8 Å². The summed E-state index contributed by atoms with van der Waals surface area (Å²) in [5, 5.41) is 3.82. The minimum atomic E-state index is -3.68. The van der Waals surface area contributed by atoms with Crippen molar-refractivity contribution in [1.29, 1.82) is 0 Å². The molecule has 44 heavy (non-hydrogen) atoms. The second-order valence-corrected chi connectivity index (χ2v) is 13.8. The van der Waals surface area contributed by atoms with Crippen LogP contribution in [0.15, 0.2) is 66.7 Å². The fraction of sp³-hybridized carbons (Fsp3) is 0.375. The topological polar surface area (TPSA) is 105 Å². The number of ether oxygens (including phenoxy) is 2. The van der Waals surface area contributed by atoms with Crippen molar-refractivity contribution in [2.24, 2.45) is 5.92 Å². The summed E-state index contributed by atoms with van der Waals surface area (Å²) in [5.74, 6) is 0.614. The van der Waals surface area contributed by atoms with Gasteiger partial charge in [-0.1, -0.05) is 73.4 Å². The Labute approximate surface area is 269 Å². The Morgan fingerprint density at radius 1 is 0.977 bits per heavy atom. The number of carbonyl (C=O) groups excluding carboxylic acids is 2. The number of carbonyl (C=O) groups is 2. The number of halogens is 2. The SMILES string of the molecule is CC(C)CNC(=O)[C@@H](Cc1ccccc1)N(Cc1ccc(Cl)cc1Cl)C(=O)CCCN(c1ccc2c(c1)OCO2)S(C)(=O)=O. The van der Waals surface area contributed by atoms with Gasteiger partial charge in [0.25, 0.3) is 0 Å². The summed E-state index contributed by atoms with van der Waals surface area (Å²) >= 11 is 12.6. The van der Waals surface area contributed by atoms with E-state index in [1.807, 2.05) is 44.2 Å². The Balaban J connectivity index is 1.59. The fourth-order valence-electron chi connectivity index (χ4n) is 4.85. The van der Waals surface area contributed by atoms with E-state index >= 15 is 0 Å². The summed E-state index contributed by atoms with van der Waals surface area (Å²) in [4.78, 5) is 29.2. The number of hydrogen-bond donors (Lipinski definition) is 1. The van der Waals surface area contributed by atoms with Gasteiger partial charge < -0.3 is 19.7 Å². The Kier molecular flexibility index (Phi) is 11.4. The molecule has 1 N–H and O–H groups in total. The van der Waals surface area contributed by atoms with E-state index in [0.29, 0.717) is 39.3 Å². The molecule has 4 rings (SSSR count). The number of benzene rings is 3. The number of rotatable bonds is 14. The molecule has 2 amide bonds. The van der Waals surface area contributed by atoms with E-state index in [1.165, 1.54) is 9.21 Å². The first-order valence-corrected chi connectivity index (χ1v) is 16.9. The number of nitrogens with one attached hydrogen (secondary N) is 1. The van der Waals surface area contributed by atoms with Crippen LogP contribution < -0.4 is 19.1 Å². The predicted octanol–water partition coefficient (Wildman–Crippen LogP) is 5.68. The lowest BCUT2D eigenvalue weighted by molar-refractivity contribution is -0.141. The summed E-state index contributed by atoms with van der Waals surface area (Å²) in [6, 6.07) is 18.6. The van der Waals surface area contributed by atoms with Gasteiger partial charge in [0.15, 0.2) is 11.5 Å². The molecule has 1 heterocycles. The molecule has 0 saturated heterocycles. The van der Waals surface area contributed by atoms with Crippen molar-refractivity contribution < 1.29 is 27.5 Å². The molecular weight excluding hydrogens is 625 g/mol. The molecule has 1 aliphatic heterocycles. The van der Waals surface area contributed by atoms with Gasteiger partial charge in [0.1, 0.15) is 6.04 Å². The minimum Gasteiger partial charge on any atom is -0.454 e. The molecule has 9 nitrogen and oxygen atoms in total. The van der Waals surface area contributed by atoms with Crippen LogP contribution in [0.1, 0.15) is 37.8 Å². The van der Waals surface area contributed by atoms with Crippen LogP contribution in [0.5, 0.6) is 11.5 Å². The van der Waals surface area contributed by atoms with Gasteiger partial charge in [0.05, 0.1) is 11.9 Å². The molecular formula is C32H37Cl2N3O6S. The van der Waals surface area contributed by atoms with Crippen molar-refractivity contribution in [3.63, 3.8) is 0 Å². The molecule has 0 radical (unpaired) electrons. The normalized spacial score (nSPS) is 13.0. The van der Waals surface area contributed by atoms with Crippen LogP contribution in [0.3, 0.4) is 0 Å². The number of anilines is 1. The standard InChI is InChI=1S/C32H37Cl2N3O6S/c1-22(2)19-35-32(39)28(16-23-8-5-4-6-9-23)36(20-24-11-12-25(33)17-27(24)34)31(38)10-7-15-37(44(3,40)41)26-13-14-29-30(18-26)43-21-42-29/h4-6,8-9,11-14,17-18,22,28H,7,10,15-16,19-21H2,1-3H3,(H,35,39)/t28-/m1/s1. The van der Waals surface area contributed by atoms with Crippen LogP contribution in [0.4, 0.5) is 5.69 Å². The van der Waals surface area contributed by atoms with Crippen molar-refractivity contribution in [2.75, 3.05) is 30.4 Å². The van der Waals surface area contributed by atoms with Crippen molar-refractivity contribution >= 4 is 50.7 Å². The van der Waals surface area contributed by atoms with Crippen LogP contribution in [0.25, 0.3) is 0 Å². The molecule has 0 spiro atoms. The van der Waals surface area contributed by atoms with Crippen LogP contribution in [-0.2, 0) is 32.6 Å². The monoisotopic (exact) mass is 661 g/mol. The Bertz CT molecular complexity index is 1570. The first kappa shape index (κ1) is 33.4. The number of hydrogen-bond acceptors (Lipinski definition) is 6. The Morgan fingerprint density at radius 3 is 2.39 bits per heavy atom. The van der Waals surface area contributed by atoms with Gasteiger partial charge in [-0.05, 0) is 47.7 Å². The molecule has 1 aliphatic rings. The second-order valence-electron chi connectivity index (χ2n) is 11.1. The quantitative estimate of drug-likeness (QED) is 0.238. The maximum absolute atomic E-state index is 14.0. The smallest absolute Gasteiger partial charge is 0.243 e. The number of sulfonamides is 1. The molecule has 236 valence electrons. The van der Waals surface area contributed by atoms with Crippen LogP contribution in [0.2, 0.25) is 10.0 Å². The lowest BCUT2D eigenvalue weighted by Crippen LogP contribution is -2.51. The van der Waals surface area contributed by atoms with E-state index in [9.17, 15) is 18.0 Å². The van der Waals surface area contributed by atoms with E-state index in [4.69, 9.17) is 32.7 Å². The van der Waals surface area contributed by atoms with Crippen molar-refractivity contribution in [1.82, 2.24) is 10.2 Å². The van der Waals surface area contributed by atoms with Gasteiger partial charge in [0, 0.05) is 48.6 Å². The lowest BCUT2D eigenvalue weighted by Gasteiger charge is -2.32. The maximum atomic E-state index is 14.0. The maximum Gasteiger partial charge on any atom is 0.243 e. The van der Waals surface area contributed by atoms with Gasteiger partial charge in [-0.3, -0.25) is 13.9 Å². The molecule has 1 atom stereocenters. The Hall–Kier alpha value is -3.47. The largest absolute Gasteiger partial charge is 0.454 e. The van der Waals surface area contributed by atoms with E-state index in [1.54, 1.807) is 36.4 Å². The average molecular weight is 663 g/mol. The first-order chi connectivity index (χ1) is 20.9. The third-order valence-corrected chi connectivity index (χ3v) is 8.89. The second kappa shape index (κ2) is 15.0. The summed E-state index contributed by atoms with van der Waals surface area (Å²) in [7, 11) is -3.68. The van der Waals surface area contributed by atoms with Crippen molar-refractivity contribution in [3.05, 3.63) is 87.9 Å². The molecule has 0 fully saturated rings. The van der Waals surface area contributed by atoms with Gasteiger partial charge in [-0.2, -0.15) is 0 Å². The summed E-state index contributed by atoms with van der Waals surface area (Å²) < 4.78 is 37.5. The predicted molar refractivity (Wildman–Crippen MR) is 173 cm³/mol. The fourth-order valence-corrected chi connectivity index (χ4v) is 6.28. The lowest BCUT2D eigenvalue weighted by atomic mass is 10.0. The minimum absolute atomic E-state index is 0.00939.